The van der Waals surface area contributed by atoms with Crippen LogP contribution in [0.1, 0.15) is 50.4 Å². The number of nitrogens with one attached hydrogen (secondary N) is 1. The number of ether oxygens (including phenoxy) is 3. The number of amides is 1. The van der Waals surface area contributed by atoms with Gasteiger partial charge in [0.2, 0.25) is 6.79 Å². The number of benzene rings is 1. The number of rotatable bonds is 4. The van der Waals surface area contributed by atoms with Crippen LogP contribution >= 0.6 is 0 Å². The lowest BCUT2D eigenvalue weighted by atomic mass is 9.78. The summed E-state index contributed by atoms with van der Waals surface area (Å²) in [4.78, 5) is 24.7. The molecule has 1 aromatic rings. The predicted octanol–water partition coefficient (Wildman–Crippen LogP) is 2.90. The third-order valence-electron chi connectivity index (χ3n) is 5.30. The molecule has 1 saturated carbocycles. The third kappa shape index (κ3) is 3.89. The van der Waals surface area contributed by atoms with E-state index >= 15 is 0 Å². The second kappa shape index (κ2) is 7.33. The number of fused-ring (bicyclic) bond motifs is 1. The van der Waals surface area contributed by atoms with Crippen LogP contribution in [0.5, 0.6) is 11.5 Å². The van der Waals surface area contributed by atoms with Crippen LogP contribution < -0.4 is 14.8 Å². The van der Waals surface area contributed by atoms with Crippen LogP contribution in [-0.4, -0.2) is 30.8 Å². The average molecular weight is 347 g/mol. The Morgan fingerprint density at radius 1 is 1.20 bits per heavy atom. The standard InChI is InChI=1S/C19H25NO5/c1-11-5-4-6-15(12(11)2)20-18(21)13(3)25-19(22)14-7-8-16-17(9-14)24-10-23-16/h7-9,11-13,15H,4-6,10H2,1-3H3,(H,20,21)/t11-,12-,13-,15-/m1/s1. The first kappa shape index (κ1) is 17.6. The summed E-state index contributed by atoms with van der Waals surface area (Å²) >= 11 is 0. The van der Waals surface area contributed by atoms with Gasteiger partial charge in [0.05, 0.1) is 5.56 Å². The van der Waals surface area contributed by atoms with Crippen molar-refractivity contribution in [1.29, 1.82) is 0 Å². The molecule has 0 saturated heterocycles. The fourth-order valence-electron chi connectivity index (χ4n) is 3.39. The fraction of sp³-hybridized carbons (Fsp3) is 0.579. The largest absolute Gasteiger partial charge is 0.454 e. The number of carbonyl (C=O) groups excluding carboxylic acids is 2. The number of esters is 1. The molecule has 1 aliphatic carbocycles. The molecule has 6 nitrogen and oxygen atoms in total. The van der Waals surface area contributed by atoms with Crippen LogP contribution in [-0.2, 0) is 9.53 Å². The Labute approximate surface area is 147 Å². The van der Waals surface area contributed by atoms with Gasteiger partial charge < -0.3 is 19.5 Å². The summed E-state index contributed by atoms with van der Waals surface area (Å²) in [6.45, 7) is 6.12. The zero-order valence-corrected chi connectivity index (χ0v) is 14.9. The Balaban J connectivity index is 1.56. The fourth-order valence-corrected chi connectivity index (χ4v) is 3.39. The molecule has 2 aliphatic rings. The van der Waals surface area contributed by atoms with Gasteiger partial charge in [0.15, 0.2) is 17.6 Å². The van der Waals surface area contributed by atoms with Crippen LogP contribution in [0.4, 0.5) is 0 Å². The minimum atomic E-state index is -0.845. The summed E-state index contributed by atoms with van der Waals surface area (Å²) in [6, 6.07) is 4.98. The Morgan fingerprint density at radius 2 is 1.96 bits per heavy atom. The van der Waals surface area contributed by atoms with Crippen molar-refractivity contribution >= 4 is 11.9 Å². The molecule has 1 aliphatic heterocycles. The second-order valence-electron chi connectivity index (χ2n) is 7.00. The van der Waals surface area contributed by atoms with Gasteiger partial charge in [-0.1, -0.05) is 26.7 Å². The maximum Gasteiger partial charge on any atom is 0.339 e. The lowest BCUT2D eigenvalue weighted by Gasteiger charge is -2.35. The normalized spacial score (nSPS) is 26.0. The molecule has 1 N–H and O–H groups in total. The molecule has 6 heteroatoms. The van der Waals surface area contributed by atoms with Crippen molar-refractivity contribution in [3.05, 3.63) is 23.8 Å². The first-order valence-electron chi connectivity index (χ1n) is 8.86. The SMILES string of the molecule is C[C@@H]1[C@H](C)CCC[C@H]1NC(=O)[C@@H](C)OC(=O)c1ccc2c(c1)OCO2. The maximum atomic E-state index is 12.4. The topological polar surface area (TPSA) is 73.9 Å². The van der Waals surface area contributed by atoms with E-state index in [0.717, 1.165) is 12.8 Å². The van der Waals surface area contributed by atoms with E-state index in [9.17, 15) is 9.59 Å². The van der Waals surface area contributed by atoms with E-state index in [4.69, 9.17) is 14.2 Å². The summed E-state index contributed by atoms with van der Waals surface area (Å²) in [5.41, 5.74) is 0.337. The summed E-state index contributed by atoms with van der Waals surface area (Å²) in [5, 5.41) is 3.04. The van der Waals surface area contributed by atoms with E-state index < -0.39 is 12.1 Å². The monoisotopic (exact) mass is 347 g/mol. The van der Waals surface area contributed by atoms with E-state index in [1.165, 1.54) is 6.42 Å². The minimum absolute atomic E-state index is 0.142. The van der Waals surface area contributed by atoms with Gasteiger partial charge in [-0.05, 0) is 43.4 Å². The molecular formula is C19H25NO5. The Bertz CT molecular complexity index is 659. The lowest BCUT2D eigenvalue weighted by molar-refractivity contribution is -0.130. The molecule has 3 rings (SSSR count). The second-order valence-corrected chi connectivity index (χ2v) is 7.00. The molecule has 0 bridgehead atoms. The van der Waals surface area contributed by atoms with Crippen LogP contribution in [0, 0.1) is 11.8 Å². The van der Waals surface area contributed by atoms with Gasteiger partial charge in [-0.25, -0.2) is 4.79 Å². The van der Waals surface area contributed by atoms with Gasteiger partial charge in [0, 0.05) is 6.04 Å². The van der Waals surface area contributed by atoms with Gasteiger partial charge >= 0.3 is 5.97 Å². The lowest BCUT2D eigenvalue weighted by Crippen LogP contribution is -2.47. The zero-order chi connectivity index (χ0) is 18.0. The first-order valence-corrected chi connectivity index (χ1v) is 8.86. The number of hydrogen-bond donors (Lipinski definition) is 1. The molecule has 136 valence electrons. The Kier molecular flexibility index (Phi) is 5.16. The molecule has 4 atom stereocenters. The molecule has 0 aromatic heterocycles. The summed E-state index contributed by atoms with van der Waals surface area (Å²) in [5.74, 6) is 1.32. The number of hydrogen-bond acceptors (Lipinski definition) is 5. The van der Waals surface area contributed by atoms with E-state index in [-0.39, 0.29) is 18.7 Å². The van der Waals surface area contributed by atoms with Crippen LogP contribution in [0.3, 0.4) is 0 Å². The van der Waals surface area contributed by atoms with Crippen molar-refractivity contribution in [3.8, 4) is 11.5 Å². The molecule has 1 fully saturated rings. The van der Waals surface area contributed by atoms with Crippen molar-refractivity contribution in [2.24, 2.45) is 11.8 Å². The van der Waals surface area contributed by atoms with Crippen molar-refractivity contribution in [2.45, 2.75) is 52.2 Å². The molecule has 1 amide bonds. The van der Waals surface area contributed by atoms with Crippen LogP contribution in [0.2, 0.25) is 0 Å². The molecule has 0 spiro atoms. The van der Waals surface area contributed by atoms with E-state index in [0.29, 0.717) is 28.9 Å². The average Bonchev–Trinajstić information content (AvgIpc) is 3.06. The highest BCUT2D eigenvalue weighted by molar-refractivity contribution is 5.93. The molecule has 0 radical (unpaired) electrons. The van der Waals surface area contributed by atoms with Crippen molar-refractivity contribution in [1.82, 2.24) is 5.32 Å². The highest BCUT2D eigenvalue weighted by atomic mass is 16.7. The van der Waals surface area contributed by atoms with E-state index in [1.807, 2.05) is 0 Å². The quantitative estimate of drug-likeness (QED) is 0.848. The van der Waals surface area contributed by atoms with Crippen molar-refractivity contribution in [3.63, 3.8) is 0 Å². The maximum absolute atomic E-state index is 12.4. The highest BCUT2D eigenvalue weighted by Crippen LogP contribution is 2.33. The number of carbonyl (C=O) groups is 2. The van der Waals surface area contributed by atoms with Crippen molar-refractivity contribution in [2.75, 3.05) is 6.79 Å². The van der Waals surface area contributed by atoms with Gasteiger partial charge in [0.1, 0.15) is 0 Å². The van der Waals surface area contributed by atoms with Gasteiger partial charge in [-0.2, -0.15) is 0 Å². The molecule has 25 heavy (non-hydrogen) atoms. The van der Waals surface area contributed by atoms with Crippen molar-refractivity contribution < 1.29 is 23.8 Å². The molecular weight excluding hydrogens is 322 g/mol. The van der Waals surface area contributed by atoms with E-state index in [2.05, 4.69) is 19.2 Å². The minimum Gasteiger partial charge on any atom is -0.454 e. The van der Waals surface area contributed by atoms with Crippen LogP contribution in [0.15, 0.2) is 18.2 Å². The van der Waals surface area contributed by atoms with Gasteiger partial charge in [-0.15, -0.1) is 0 Å². The summed E-state index contributed by atoms with van der Waals surface area (Å²) in [7, 11) is 0. The predicted molar refractivity (Wildman–Crippen MR) is 91.6 cm³/mol. The smallest absolute Gasteiger partial charge is 0.339 e. The first-order chi connectivity index (χ1) is 12.0. The third-order valence-corrected chi connectivity index (χ3v) is 5.30. The Hall–Kier alpha value is -2.24. The van der Waals surface area contributed by atoms with Gasteiger partial charge in [-0.3, -0.25) is 4.79 Å². The van der Waals surface area contributed by atoms with Gasteiger partial charge in [0.25, 0.3) is 5.91 Å². The molecule has 1 heterocycles. The Morgan fingerprint density at radius 3 is 2.76 bits per heavy atom. The highest BCUT2D eigenvalue weighted by Gasteiger charge is 2.30. The summed E-state index contributed by atoms with van der Waals surface area (Å²) < 4.78 is 15.8. The van der Waals surface area contributed by atoms with Crippen LogP contribution in [0.25, 0.3) is 0 Å². The van der Waals surface area contributed by atoms with E-state index in [1.54, 1.807) is 25.1 Å². The molecule has 0 unspecified atom stereocenters. The zero-order valence-electron chi connectivity index (χ0n) is 14.9. The molecule has 1 aromatic carbocycles. The summed E-state index contributed by atoms with van der Waals surface area (Å²) in [6.07, 6.45) is 2.44.